The van der Waals surface area contributed by atoms with E-state index in [2.05, 4.69) is 22.5 Å². The molecular formula is C10H11BrO2S. The van der Waals surface area contributed by atoms with Crippen molar-refractivity contribution in [3.63, 3.8) is 0 Å². The molecule has 1 aromatic rings. The third kappa shape index (κ3) is 2.45. The van der Waals surface area contributed by atoms with Crippen LogP contribution in [-0.2, 0) is 16.5 Å². The molecule has 14 heavy (non-hydrogen) atoms. The van der Waals surface area contributed by atoms with Gasteiger partial charge in [0.2, 0.25) is 0 Å². The van der Waals surface area contributed by atoms with E-state index < -0.39 is 10.7 Å². The molecule has 4 heteroatoms. The second kappa shape index (κ2) is 4.75. The van der Waals surface area contributed by atoms with E-state index >= 15 is 0 Å². The third-order valence-electron chi connectivity index (χ3n) is 2.04. The molecule has 2 nitrogen and oxygen atoms in total. The van der Waals surface area contributed by atoms with Crippen LogP contribution in [0.2, 0.25) is 0 Å². The topological polar surface area (TPSA) is 34.1 Å². The molecule has 0 radical (unpaired) electrons. The fraction of sp³-hybridized carbons (Fsp3) is 0.200. The van der Waals surface area contributed by atoms with Crippen molar-refractivity contribution in [2.75, 3.05) is 0 Å². The minimum Gasteiger partial charge on any atom is -0.232 e. The highest BCUT2D eigenvalue weighted by atomic mass is 79.9. The second-order valence-corrected chi connectivity index (χ2v) is 4.78. The highest BCUT2D eigenvalue weighted by Gasteiger charge is 2.06. The van der Waals surface area contributed by atoms with E-state index in [-0.39, 0.29) is 5.75 Å². The summed E-state index contributed by atoms with van der Waals surface area (Å²) in [6.45, 7) is 5.62. The molecule has 0 N–H and O–H groups in total. The van der Waals surface area contributed by atoms with Gasteiger partial charge in [-0.2, -0.15) is 0 Å². The summed E-state index contributed by atoms with van der Waals surface area (Å²) in [5.74, 6) is 0.0742. The molecule has 0 aliphatic heterocycles. The van der Waals surface area contributed by atoms with Crippen molar-refractivity contribution in [2.45, 2.75) is 12.7 Å². The Balaban J connectivity index is 3.30. The summed E-state index contributed by atoms with van der Waals surface area (Å²) in [4.78, 5) is 0. The first-order valence-electron chi connectivity index (χ1n) is 4.08. The molecular weight excluding hydrogens is 264 g/mol. The zero-order valence-electron chi connectivity index (χ0n) is 7.79. The molecule has 0 amide bonds. The Morgan fingerprint density at radius 1 is 1.50 bits per heavy atom. The molecule has 1 aromatic carbocycles. The van der Waals surface area contributed by atoms with E-state index in [1.165, 1.54) is 0 Å². The van der Waals surface area contributed by atoms with Crippen molar-refractivity contribution < 1.29 is 8.42 Å². The van der Waals surface area contributed by atoms with E-state index in [9.17, 15) is 8.42 Å². The van der Waals surface area contributed by atoms with Crippen molar-refractivity contribution in [1.82, 2.24) is 0 Å². The van der Waals surface area contributed by atoms with E-state index in [1.807, 2.05) is 13.0 Å². The summed E-state index contributed by atoms with van der Waals surface area (Å²) in [6, 6.07) is 3.66. The normalized spacial score (nSPS) is 10.5. The second-order valence-electron chi connectivity index (χ2n) is 2.94. The van der Waals surface area contributed by atoms with Gasteiger partial charge in [-0.15, -0.1) is 0 Å². The zero-order chi connectivity index (χ0) is 10.7. The van der Waals surface area contributed by atoms with E-state index in [0.29, 0.717) is 0 Å². The molecule has 0 aliphatic carbocycles. The van der Waals surface area contributed by atoms with Crippen LogP contribution in [0.15, 0.2) is 23.2 Å². The molecule has 1 rings (SSSR count). The van der Waals surface area contributed by atoms with Crippen molar-refractivity contribution in [2.24, 2.45) is 0 Å². The average molecular weight is 275 g/mol. The number of hydrogen-bond acceptors (Lipinski definition) is 2. The first kappa shape index (κ1) is 11.5. The third-order valence-corrected chi connectivity index (χ3v) is 3.50. The standard InChI is InChI=1S/C10H11BrO2S/c1-3-9-7(2)10(11)5-4-8(9)6-14(12)13/h3-5,14H,1,6H2,2H3. The molecule has 0 saturated heterocycles. The predicted octanol–water partition coefficient (Wildman–Crippen LogP) is 2.51. The lowest BCUT2D eigenvalue weighted by Gasteiger charge is -2.08. The highest BCUT2D eigenvalue weighted by molar-refractivity contribution is 9.10. The molecule has 0 atom stereocenters. The molecule has 0 heterocycles. The number of thiol groups is 1. The zero-order valence-corrected chi connectivity index (χ0v) is 10.3. The van der Waals surface area contributed by atoms with Gasteiger partial charge >= 0.3 is 0 Å². The number of halogens is 1. The minimum absolute atomic E-state index is 0.0742. The lowest BCUT2D eigenvalue weighted by atomic mass is 10.0. The molecule has 76 valence electrons. The molecule has 0 spiro atoms. The van der Waals surface area contributed by atoms with Gasteiger partial charge in [0.05, 0.1) is 5.75 Å². The quantitative estimate of drug-likeness (QED) is 0.860. The fourth-order valence-electron chi connectivity index (χ4n) is 1.32. The molecule has 0 saturated carbocycles. The van der Waals surface area contributed by atoms with E-state index in [4.69, 9.17) is 0 Å². The Morgan fingerprint density at radius 3 is 2.64 bits per heavy atom. The maximum Gasteiger partial charge on any atom is 0.144 e. The lowest BCUT2D eigenvalue weighted by molar-refractivity contribution is 0.614. The summed E-state index contributed by atoms with van der Waals surface area (Å²) in [5, 5.41) is 0. The van der Waals surface area contributed by atoms with Crippen LogP contribution < -0.4 is 0 Å². The Bertz CT molecular complexity index is 428. The molecule has 0 unspecified atom stereocenters. The smallest absolute Gasteiger partial charge is 0.144 e. The Hall–Kier alpha value is -0.610. The maximum atomic E-state index is 10.6. The van der Waals surface area contributed by atoms with Gasteiger partial charge in [-0.1, -0.05) is 34.7 Å². The van der Waals surface area contributed by atoms with Crippen LogP contribution in [0.5, 0.6) is 0 Å². The summed E-state index contributed by atoms with van der Waals surface area (Å²) in [7, 11) is -2.38. The predicted molar refractivity (Wildman–Crippen MR) is 63.0 cm³/mol. The van der Waals surface area contributed by atoms with Crippen LogP contribution in [0, 0.1) is 6.92 Å². The van der Waals surface area contributed by atoms with E-state index in [1.54, 1.807) is 12.1 Å². The van der Waals surface area contributed by atoms with Crippen LogP contribution in [-0.4, -0.2) is 8.42 Å². The maximum absolute atomic E-state index is 10.6. The van der Waals surface area contributed by atoms with Gasteiger partial charge < -0.3 is 0 Å². The number of benzene rings is 1. The van der Waals surface area contributed by atoms with E-state index in [0.717, 1.165) is 21.2 Å². The first-order valence-corrected chi connectivity index (χ1v) is 6.24. The van der Waals surface area contributed by atoms with Gasteiger partial charge in [-0.3, -0.25) is 0 Å². The Kier molecular flexibility index (Phi) is 3.89. The van der Waals surface area contributed by atoms with Gasteiger partial charge in [-0.25, -0.2) is 8.42 Å². The number of rotatable bonds is 3. The van der Waals surface area contributed by atoms with Crippen molar-refractivity contribution >= 4 is 32.7 Å². The lowest BCUT2D eigenvalue weighted by Crippen LogP contribution is -1.94. The highest BCUT2D eigenvalue weighted by Crippen LogP contribution is 2.24. The van der Waals surface area contributed by atoms with Crippen LogP contribution in [0.4, 0.5) is 0 Å². The van der Waals surface area contributed by atoms with Crippen LogP contribution in [0.1, 0.15) is 16.7 Å². The van der Waals surface area contributed by atoms with Crippen molar-refractivity contribution in [3.8, 4) is 0 Å². The Labute approximate surface area is 93.7 Å². The van der Waals surface area contributed by atoms with Crippen molar-refractivity contribution in [1.29, 1.82) is 0 Å². The average Bonchev–Trinajstić information content (AvgIpc) is 2.11. The monoisotopic (exact) mass is 274 g/mol. The number of hydrogen-bond donors (Lipinski definition) is 1. The fourth-order valence-corrected chi connectivity index (χ4v) is 2.22. The largest absolute Gasteiger partial charge is 0.232 e. The van der Waals surface area contributed by atoms with Gasteiger partial charge in [0, 0.05) is 4.47 Å². The minimum atomic E-state index is -2.38. The van der Waals surface area contributed by atoms with Gasteiger partial charge in [0.25, 0.3) is 0 Å². The Morgan fingerprint density at radius 2 is 2.14 bits per heavy atom. The van der Waals surface area contributed by atoms with Crippen LogP contribution in [0.3, 0.4) is 0 Å². The molecule has 0 aliphatic rings. The summed E-state index contributed by atoms with van der Waals surface area (Å²) >= 11 is 3.39. The first-order chi connectivity index (χ1) is 6.56. The summed E-state index contributed by atoms with van der Waals surface area (Å²) < 4.78 is 22.2. The molecule has 0 bridgehead atoms. The van der Waals surface area contributed by atoms with Gasteiger partial charge in [-0.05, 0) is 29.7 Å². The molecule has 0 fully saturated rings. The van der Waals surface area contributed by atoms with Crippen LogP contribution in [0.25, 0.3) is 6.08 Å². The van der Waals surface area contributed by atoms with Crippen LogP contribution >= 0.6 is 15.9 Å². The van der Waals surface area contributed by atoms with Gasteiger partial charge in [0.1, 0.15) is 10.7 Å². The summed E-state index contributed by atoms with van der Waals surface area (Å²) in [5.41, 5.74) is 2.73. The summed E-state index contributed by atoms with van der Waals surface area (Å²) in [6.07, 6.45) is 1.69. The molecule has 0 aromatic heterocycles. The van der Waals surface area contributed by atoms with Crippen molar-refractivity contribution in [3.05, 3.63) is 39.9 Å². The van der Waals surface area contributed by atoms with Gasteiger partial charge in [0.15, 0.2) is 0 Å². The SMILES string of the molecule is C=Cc1c(C[SH](=O)=O)ccc(Br)c1C.